The highest BCUT2D eigenvalue weighted by Gasteiger charge is 2.24. The molecule has 0 bridgehead atoms. The van der Waals surface area contributed by atoms with Crippen LogP contribution in [0.25, 0.3) is 21.9 Å². The third-order valence-electron chi connectivity index (χ3n) is 3.52. The molecule has 0 aliphatic heterocycles. The van der Waals surface area contributed by atoms with Gasteiger partial charge in [-0.1, -0.05) is 31.5 Å². The lowest BCUT2D eigenvalue weighted by molar-refractivity contribution is 0.473. The molecule has 3 aromatic rings. The van der Waals surface area contributed by atoms with Gasteiger partial charge in [0.1, 0.15) is 11.4 Å². The normalized spacial score (nSPS) is 11.6. The van der Waals surface area contributed by atoms with Crippen LogP contribution >= 0.6 is 0 Å². The van der Waals surface area contributed by atoms with Crippen LogP contribution in [0.3, 0.4) is 0 Å². The van der Waals surface area contributed by atoms with Crippen LogP contribution in [0.5, 0.6) is 0 Å². The number of fused-ring (bicyclic) bond motifs is 3. The zero-order chi connectivity index (χ0) is 14.3. The number of para-hydroxylation sites is 1. The summed E-state index contributed by atoms with van der Waals surface area (Å²) in [5.74, 6) is -2.96. The van der Waals surface area contributed by atoms with E-state index in [4.69, 9.17) is 4.42 Å². The van der Waals surface area contributed by atoms with Gasteiger partial charge in [-0.3, -0.25) is 0 Å². The van der Waals surface area contributed by atoms with Gasteiger partial charge in [-0.05, 0) is 18.9 Å². The molecule has 0 amide bonds. The SMILES string of the molecule is CCCCc1c(F)c(F)c2oc3ccccc3c2c1F. The molecule has 1 heterocycles. The lowest BCUT2D eigenvalue weighted by Gasteiger charge is -2.06. The minimum atomic E-state index is -1.14. The Hall–Kier alpha value is -1.97. The summed E-state index contributed by atoms with van der Waals surface area (Å²) in [6, 6.07) is 6.67. The van der Waals surface area contributed by atoms with E-state index in [-0.39, 0.29) is 23.0 Å². The third kappa shape index (κ3) is 1.79. The van der Waals surface area contributed by atoms with Crippen molar-refractivity contribution >= 4 is 21.9 Å². The molecule has 0 saturated heterocycles. The molecule has 0 aliphatic carbocycles. The summed E-state index contributed by atoms with van der Waals surface area (Å²) in [6.45, 7) is 1.91. The van der Waals surface area contributed by atoms with Gasteiger partial charge in [-0.2, -0.15) is 4.39 Å². The Morgan fingerprint density at radius 1 is 1.00 bits per heavy atom. The molecule has 1 aromatic heterocycles. The maximum absolute atomic E-state index is 14.5. The van der Waals surface area contributed by atoms with E-state index in [1.54, 1.807) is 24.3 Å². The fraction of sp³-hybridized carbons (Fsp3) is 0.250. The van der Waals surface area contributed by atoms with Gasteiger partial charge in [0.2, 0.25) is 5.82 Å². The molecule has 0 unspecified atom stereocenters. The van der Waals surface area contributed by atoms with E-state index in [9.17, 15) is 13.2 Å². The second-order valence-corrected chi connectivity index (χ2v) is 4.83. The highest BCUT2D eigenvalue weighted by atomic mass is 19.2. The minimum absolute atomic E-state index is 0.0330. The maximum atomic E-state index is 14.5. The van der Waals surface area contributed by atoms with Gasteiger partial charge < -0.3 is 4.42 Å². The van der Waals surface area contributed by atoms with E-state index in [1.807, 2.05) is 6.92 Å². The van der Waals surface area contributed by atoms with Crippen molar-refractivity contribution < 1.29 is 17.6 Å². The van der Waals surface area contributed by atoms with E-state index in [1.165, 1.54) is 0 Å². The van der Waals surface area contributed by atoms with E-state index in [0.717, 1.165) is 6.42 Å². The Labute approximate surface area is 114 Å². The van der Waals surface area contributed by atoms with Crippen LogP contribution < -0.4 is 0 Å². The highest BCUT2D eigenvalue weighted by molar-refractivity contribution is 6.05. The fourth-order valence-corrected chi connectivity index (χ4v) is 2.47. The summed E-state index contributed by atoms with van der Waals surface area (Å²) < 4.78 is 47.8. The second kappa shape index (κ2) is 4.85. The number of hydrogen-bond donors (Lipinski definition) is 0. The summed E-state index contributed by atoms with van der Waals surface area (Å²) in [5, 5.41) is 0.502. The Bertz CT molecular complexity index is 789. The lowest BCUT2D eigenvalue weighted by Crippen LogP contribution is -2.00. The molecule has 20 heavy (non-hydrogen) atoms. The molecule has 1 nitrogen and oxygen atoms in total. The van der Waals surface area contributed by atoms with E-state index in [2.05, 4.69) is 0 Å². The van der Waals surface area contributed by atoms with Crippen molar-refractivity contribution in [3.05, 3.63) is 47.3 Å². The molecule has 0 N–H and O–H groups in total. The molecule has 0 radical (unpaired) electrons. The molecule has 0 saturated carbocycles. The molecular weight excluding hydrogens is 265 g/mol. The average Bonchev–Trinajstić information content (AvgIpc) is 2.84. The second-order valence-electron chi connectivity index (χ2n) is 4.83. The van der Waals surface area contributed by atoms with Crippen molar-refractivity contribution in [3.8, 4) is 0 Å². The summed E-state index contributed by atoms with van der Waals surface area (Å²) >= 11 is 0. The first-order valence-corrected chi connectivity index (χ1v) is 6.61. The molecule has 4 heteroatoms. The number of furan rings is 1. The van der Waals surface area contributed by atoms with Crippen molar-refractivity contribution in [3.63, 3.8) is 0 Å². The van der Waals surface area contributed by atoms with E-state index >= 15 is 0 Å². The number of unbranched alkanes of at least 4 members (excludes halogenated alkanes) is 1. The summed E-state index contributed by atoms with van der Waals surface area (Å²) in [5.41, 5.74) is -0.183. The molecule has 0 spiro atoms. The summed E-state index contributed by atoms with van der Waals surface area (Å²) in [4.78, 5) is 0. The van der Waals surface area contributed by atoms with Crippen LogP contribution in [0.4, 0.5) is 13.2 Å². The number of benzene rings is 2. The molecule has 2 aromatic carbocycles. The van der Waals surface area contributed by atoms with Gasteiger partial charge in [-0.25, -0.2) is 8.78 Å². The lowest BCUT2D eigenvalue weighted by atomic mass is 10.0. The average molecular weight is 278 g/mol. The third-order valence-corrected chi connectivity index (χ3v) is 3.52. The van der Waals surface area contributed by atoms with Crippen molar-refractivity contribution in [2.75, 3.05) is 0 Å². The van der Waals surface area contributed by atoms with Crippen LogP contribution in [0, 0.1) is 17.5 Å². The quantitative estimate of drug-likeness (QED) is 0.589. The number of halogens is 3. The van der Waals surface area contributed by atoms with Gasteiger partial charge in [0.25, 0.3) is 0 Å². The Balaban J connectivity index is 2.39. The van der Waals surface area contributed by atoms with Crippen LogP contribution in [0.2, 0.25) is 0 Å². The molecular formula is C16H13F3O. The molecule has 104 valence electrons. The van der Waals surface area contributed by atoms with Crippen LogP contribution in [-0.4, -0.2) is 0 Å². The first-order valence-electron chi connectivity index (χ1n) is 6.61. The predicted octanol–water partition coefficient (Wildman–Crippen LogP) is 5.35. The Kier molecular flexibility index (Phi) is 3.16. The standard InChI is InChI=1S/C16H13F3O/c1-2-3-6-10-13(17)12-9-7-4-5-8-11(9)20-16(12)15(19)14(10)18/h4-5,7-8H,2-3,6H2,1H3. The number of hydrogen-bond acceptors (Lipinski definition) is 1. The van der Waals surface area contributed by atoms with Crippen molar-refractivity contribution in [1.29, 1.82) is 0 Å². The van der Waals surface area contributed by atoms with Gasteiger partial charge >= 0.3 is 0 Å². The first kappa shape index (κ1) is 13.0. The molecule has 0 fully saturated rings. The first-order chi connectivity index (χ1) is 9.65. The maximum Gasteiger partial charge on any atom is 0.202 e. The van der Waals surface area contributed by atoms with Crippen molar-refractivity contribution in [1.82, 2.24) is 0 Å². The Morgan fingerprint density at radius 3 is 2.50 bits per heavy atom. The molecule has 0 aliphatic rings. The van der Waals surface area contributed by atoms with Crippen LogP contribution in [0.1, 0.15) is 25.3 Å². The minimum Gasteiger partial charge on any atom is -0.453 e. The van der Waals surface area contributed by atoms with E-state index < -0.39 is 17.5 Å². The van der Waals surface area contributed by atoms with Gasteiger partial charge in [0.05, 0.1) is 5.39 Å². The van der Waals surface area contributed by atoms with Crippen molar-refractivity contribution in [2.45, 2.75) is 26.2 Å². The van der Waals surface area contributed by atoms with Crippen LogP contribution in [-0.2, 0) is 6.42 Å². The predicted molar refractivity (Wildman–Crippen MR) is 72.2 cm³/mol. The van der Waals surface area contributed by atoms with Gasteiger partial charge in [0.15, 0.2) is 11.4 Å². The highest BCUT2D eigenvalue weighted by Crippen LogP contribution is 2.36. The largest absolute Gasteiger partial charge is 0.453 e. The fourth-order valence-electron chi connectivity index (χ4n) is 2.47. The van der Waals surface area contributed by atoms with Crippen molar-refractivity contribution in [2.24, 2.45) is 0 Å². The number of rotatable bonds is 3. The summed E-state index contributed by atoms with van der Waals surface area (Å²) in [6.07, 6.45) is 1.57. The topological polar surface area (TPSA) is 13.1 Å². The van der Waals surface area contributed by atoms with Gasteiger partial charge in [0, 0.05) is 10.9 Å². The smallest absolute Gasteiger partial charge is 0.202 e. The Morgan fingerprint density at radius 2 is 1.75 bits per heavy atom. The summed E-state index contributed by atoms with van der Waals surface area (Å²) in [7, 11) is 0. The monoisotopic (exact) mass is 278 g/mol. The van der Waals surface area contributed by atoms with Crippen LogP contribution in [0.15, 0.2) is 28.7 Å². The zero-order valence-corrected chi connectivity index (χ0v) is 11.0. The van der Waals surface area contributed by atoms with Gasteiger partial charge in [-0.15, -0.1) is 0 Å². The molecule has 0 atom stereocenters. The molecule has 3 rings (SSSR count). The zero-order valence-electron chi connectivity index (χ0n) is 11.0. The van der Waals surface area contributed by atoms with E-state index in [0.29, 0.717) is 17.4 Å².